The number of methoxy groups -OCH3 is 1. The van der Waals surface area contributed by atoms with Crippen LogP contribution in [-0.4, -0.2) is 55.1 Å². The Kier molecular flexibility index (Phi) is 6.64. The first-order chi connectivity index (χ1) is 14.7. The molecule has 0 fully saturated rings. The minimum atomic E-state index is -5.08. The van der Waals surface area contributed by atoms with Crippen molar-refractivity contribution < 1.29 is 27.8 Å². The van der Waals surface area contributed by atoms with Crippen molar-refractivity contribution in [1.82, 2.24) is 24.2 Å². The summed E-state index contributed by atoms with van der Waals surface area (Å²) in [6.45, 7) is 5.74. The zero-order chi connectivity index (χ0) is 22.6. The quantitative estimate of drug-likeness (QED) is 0.676. The van der Waals surface area contributed by atoms with Crippen molar-refractivity contribution >= 4 is 5.97 Å². The molecule has 2 aromatic heterocycles. The Balaban J connectivity index is 0.000000339. The number of carboxylic acid groups (broad SMARTS) is 1. The van der Waals surface area contributed by atoms with E-state index in [0.717, 1.165) is 49.1 Å². The number of carboxylic acids is 1. The van der Waals surface area contributed by atoms with Crippen LogP contribution in [0.2, 0.25) is 0 Å². The molecule has 31 heavy (non-hydrogen) atoms. The Morgan fingerprint density at radius 3 is 2.61 bits per heavy atom. The first-order valence-corrected chi connectivity index (χ1v) is 9.40. The summed E-state index contributed by atoms with van der Waals surface area (Å²) in [4.78, 5) is 15.9. The number of halogens is 3. The molecule has 1 aromatic carbocycles. The zero-order valence-corrected chi connectivity index (χ0v) is 17.0. The van der Waals surface area contributed by atoms with Crippen molar-refractivity contribution in [2.45, 2.75) is 32.7 Å². The van der Waals surface area contributed by atoms with Gasteiger partial charge in [0.25, 0.3) is 0 Å². The second kappa shape index (κ2) is 9.21. The second-order valence-electron chi connectivity index (χ2n) is 6.93. The number of hydrogen-bond donors (Lipinski definition) is 1. The first-order valence-electron chi connectivity index (χ1n) is 9.40. The summed E-state index contributed by atoms with van der Waals surface area (Å²) in [7, 11) is 1.72. The molecular weight excluding hydrogens is 415 g/mol. The molecule has 8 nitrogen and oxygen atoms in total. The summed E-state index contributed by atoms with van der Waals surface area (Å²) in [6, 6.07) is 8.13. The number of ether oxygens (including phenoxy) is 1. The molecular formula is C20H22F3N5O3. The fourth-order valence-electron chi connectivity index (χ4n) is 3.34. The molecule has 0 aliphatic carbocycles. The molecule has 0 saturated carbocycles. The Labute approximate surface area is 176 Å². The highest BCUT2D eigenvalue weighted by Crippen LogP contribution is 2.29. The zero-order valence-electron chi connectivity index (χ0n) is 17.0. The Morgan fingerprint density at radius 1 is 1.26 bits per heavy atom. The molecule has 0 radical (unpaired) electrons. The lowest BCUT2D eigenvalue weighted by Gasteiger charge is -2.28. The summed E-state index contributed by atoms with van der Waals surface area (Å²) in [5.74, 6) is -0.736. The molecule has 166 valence electrons. The van der Waals surface area contributed by atoms with Gasteiger partial charge in [-0.3, -0.25) is 4.90 Å². The molecule has 11 heteroatoms. The molecule has 3 aromatic rings. The van der Waals surface area contributed by atoms with Crippen molar-refractivity contribution in [3.05, 3.63) is 59.9 Å². The van der Waals surface area contributed by atoms with E-state index < -0.39 is 12.1 Å². The average molecular weight is 437 g/mol. The number of rotatable bonds is 4. The number of para-hydroxylation sites is 1. The number of hydrogen-bond acceptors (Lipinski definition) is 5. The van der Waals surface area contributed by atoms with Crippen LogP contribution in [0.5, 0.6) is 5.75 Å². The Bertz CT molecular complexity index is 1030. The Hall–Kier alpha value is -3.34. The third-order valence-electron chi connectivity index (χ3n) is 4.67. The van der Waals surface area contributed by atoms with Crippen LogP contribution >= 0.6 is 0 Å². The molecule has 0 bridgehead atoms. The van der Waals surface area contributed by atoms with Crippen LogP contribution in [0.4, 0.5) is 13.2 Å². The smallest absolute Gasteiger partial charge is 0.490 e. The van der Waals surface area contributed by atoms with Gasteiger partial charge in [0.15, 0.2) is 0 Å². The molecule has 0 spiro atoms. The number of aryl methyl sites for hydroxylation is 1. The number of benzene rings is 1. The van der Waals surface area contributed by atoms with Gasteiger partial charge in [0.05, 0.1) is 19.3 Å². The van der Waals surface area contributed by atoms with Crippen LogP contribution in [0.15, 0.2) is 42.9 Å². The summed E-state index contributed by atoms with van der Waals surface area (Å²) in [6.07, 6.45) is 0.757. The van der Waals surface area contributed by atoms with E-state index in [2.05, 4.69) is 37.9 Å². The van der Waals surface area contributed by atoms with E-state index in [9.17, 15) is 13.2 Å². The summed E-state index contributed by atoms with van der Waals surface area (Å²) < 4.78 is 41.5. The van der Waals surface area contributed by atoms with E-state index in [0.29, 0.717) is 0 Å². The van der Waals surface area contributed by atoms with Gasteiger partial charge < -0.3 is 14.4 Å². The first kappa shape index (κ1) is 22.3. The van der Waals surface area contributed by atoms with Gasteiger partial charge in [-0.25, -0.2) is 14.5 Å². The van der Waals surface area contributed by atoms with Crippen molar-refractivity contribution in [2.75, 3.05) is 13.7 Å². The van der Waals surface area contributed by atoms with Crippen LogP contribution in [0, 0.1) is 6.92 Å². The van der Waals surface area contributed by atoms with Gasteiger partial charge in [-0.05, 0) is 19.1 Å². The fourth-order valence-corrected chi connectivity index (χ4v) is 3.34. The van der Waals surface area contributed by atoms with Crippen molar-refractivity contribution in [2.24, 2.45) is 0 Å². The van der Waals surface area contributed by atoms with E-state index in [1.807, 2.05) is 29.9 Å². The minimum Gasteiger partial charge on any atom is -0.494 e. The fraction of sp³-hybridized carbons (Fsp3) is 0.350. The van der Waals surface area contributed by atoms with Gasteiger partial charge in [-0.2, -0.15) is 18.3 Å². The maximum Gasteiger partial charge on any atom is 0.490 e. The lowest BCUT2D eigenvalue weighted by Crippen LogP contribution is -2.33. The molecule has 0 amide bonds. The molecule has 1 N–H and O–H groups in total. The van der Waals surface area contributed by atoms with Crippen molar-refractivity contribution in [3.8, 4) is 11.4 Å². The van der Waals surface area contributed by atoms with Crippen LogP contribution in [-0.2, 0) is 24.4 Å². The van der Waals surface area contributed by atoms with E-state index in [1.165, 1.54) is 5.56 Å². The lowest BCUT2D eigenvalue weighted by atomic mass is 10.1. The molecule has 1 aliphatic heterocycles. The van der Waals surface area contributed by atoms with Gasteiger partial charge in [0.2, 0.25) is 0 Å². The average Bonchev–Trinajstić information content (AvgIpc) is 3.36. The maximum atomic E-state index is 10.6. The molecule has 0 unspecified atom stereocenters. The molecule has 3 heterocycles. The topological polar surface area (TPSA) is 85.4 Å². The van der Waals surface area contributed by atoms with Crippen molar-refractivity contribution in [3.63, 3.8) is 0 Å². The van der Waals surface area contributed by atoms with E-state index in [1.54, 1.807) is 13.3 Å². The second-order valence-corrected chi connectivity index (χ2v) is 6.93. The number of aromatic nitrogens is 4. The van der Waals surface area contributed by atoms with Crippen LogP contribution in [0.25, 0.3) is 5.69 Å². The number of alkyl halides is 3. The number of carbonyl (C=O) groups is 1. The Morgan fingerprint density at radius 2 is 2.00 bits per heavy atom. The van der Waals surface area contributed by atoms with Gasteiger partial charge in [-0.15, -0.1) is 0 Å². The highest BCUT2D eigenvalue weighted by Gasteiger charge is 2.38. The predicted octanol–water partition coefficient (Wildman–Crippen LogP) is 3.03. The molecule has 0 saturated heterocycles. The largest absolute Gasteiger partial charge is 0.494 e. The third kappa shape index (κ3) is 5.43. The summed E-state index contributed by atoms with van der Waals surface area (Å²) in [5.41, 5.74) is 3.22. The number of imidazole rings is 1. The van der Waals surface area contributed by atoms with E-state index in [-0.39, 0.29) is 0 Å². The highest BCUT2D eigenvalue weighted by molar-refractivity contribution is 5.73. The minimum absolute atomic E-state index is 0.837. The standard InChI is InChI=1S/C18H21N5O.C2HF3O2/c1-14-11-22-10-9-21(13-17(22)20-14)12-15-5-3-6-16(18(15)24-2)23-8-4-7-19-23;3-2(4,5)1(6)7/h3-8,11H,9-10,12-13H2,1-2H3;(H,6,7). The van der Waals surface area contributed by atoms with E-state index >= 15 is 0 Å². The van der Waals surface area contributed by atoms with Gasteiger partial charge in [-0.1, -0.05) is 12.1 Å². The van der Waals surface area contributed by atoms with Crippen LogP contribution in [0.3, 0.4) is 0 Å². The van der Waals surface area contributed by atoms with Gasteiger partial charge >= 0.3 is 12.1 Å². The normalized spacial score (nSPS) is 13.8. The number of nitrogens with zero attached hydrogens (tertiary/aromatic N) is 5. The maximum absolute atomic E-state index is 10.6. The van der Waals surface area contributed by atoms with Gasteiger partial charge in [0.1, 0.15) is 17.3 Å². The van der Waals surface area contributed by atoms with E-state index in [4.69, 9.17) is 14.6 Å². The molecule has 0 atom stereocenters. The van der Waals surface area contributed by atoms with Gasteiger partial charge in [0, 0.05) is 43.8 Å². The SMILES string of the molecule is COc1c(CN2CCn3cc(C)nc3C2)cccc1-n1cccn1.O=C(O)C(F)(F)F. The predicted molar refractivity (Wildman–Crippen MR) is 105 cm³/mol. The molecule has 1 aliphatic rings. The number of aliphatic carboxylic acids is 1. The monoisotopic (exact) mass is 437 g/mol. The summed E-state index contributed by atoms with van der Waals surface area (Å²) in [5, 5.41) is 11.5. The lowest BCUT2D eigenvalue weighted by molar-refractivity contribution is -0.192. The summed E-state index contributed by atoms with van der Waals surface area (Å²) >= 11 is 0. The third-order valence-corrected chi connectivity index (χ3v) is 4.67. The number of fused-ring (bicyclic) bond motifs is 1. The molecule has 4 rings (SSSR count). The van der Waals surface area contributed by atoms with Crippen LogP contribution < -0.4 is 4.74 Å². The van der Waals surface area contributed by atoms with Crippen molar-refractivity contribution in [1.29, 1.82) is 0 Å². The highest BCUT2D eigenvalue weighted by atomic mass is 19.4. The van der Waals surface area contributed by atoms with Crippen LogP contribution in [0.1, 0.15) is 17.1 Å².